The lowest BCUT2D eigenvalue weighted by Gasteiger charge is -2.24. The Morgan fingerprint density at radius 2 is 2.16 bits per heavy atom. The summed E-state index contributed by atoms with van der Waals surface area (Å²) in [5, 5.41) is 4.43. The van der Waals surface area contributed by atoms with Crippen molar-refractivity contribution in [2.24, 2.45) is 0 Å². The summed E-state index contributed by atoms with van der Waals surface area (Å²) < 4.78 is 4.14. The summed E-state index contributed by atoms with van der Waals surface area (Å²) in [4.78, 5) is 15.2. The van der Waals surface area contributed by atoms with Crippen molar-refractivity contribution >= 4 is 17.0 Å². The second kappa shape index (κ2) is 6.79. The highest BCUT2D eigenvalue weighted by atomic mass is 15.3. The molecule has 0 aliphatic carbocycles. The molecule has 0 bridgehead atoms. The average Bonchev–Trinajstić information content (AvgIpc) is 3.31. The number of imidazole rings is 1. The molecular weight excluding hydrogens is 316 g/mol. The average molecular weight is 340 g/mol. The molecular formula is C17H24N8. The number of anilines is 1. The van der Waals surface area contributed by atoms with E-state index in [1.165, 1.54) is 31.3 Å². The van der Waals surface area contributed by atoms with Gasteiger partial charge in [-0.15, -0.1) is 0 Å². The van der Waals surface area contributed by atoms with E-state index in [4.69, 9.17) is 5.73 Å². The van der Waals surface area contributed by atoms with Crippen LogP contribution in [0.5, 0.6) is 0 Å². The van der Waals surface area contributed by atoms with Gasteiger partial charge in [0.15, 0.2) is 11.5 Å². The van der Waals surface area contributed by atoms with Crippen molar-refractivity contribution in [3.63, 3.8) is 0 Å². The van der Waals surface area contributed by atoms with Gasteiger partial charge in [-0.05, 0) is 38.3 Å². The molecule has 1 unspecified atom stereocenters. The van der Waals surface area contributed by atoms with Gasteiger partial charge >= 0.3 is 0 Å². The first-order valence-electron chi connectivity index (χ1n) is 8.85. The summed E-state index contributed by atoms with van der Waals surface area (Å²) in [6.45, 7) is 6.19. The van der Waals surface area contributed by atoms with E-state index in [1.807, 2.05) is 12.5 Å². The summed E-state index contributed by atoms with van der Waals surface area (Å²) >= 11 is 0. The van der Waals surface area contributed by atoms with Crippen LogP contribution in [0.3, 0.4) is 0 Å². The third-order valence-electron chi connectivity index (χ3n) is 4.93. The van der Waals surface area contributed by atoms with Gasteiger partial charge in [0.25, 0.3) is 0 Å². The summed E-state index contributed by atoms with van der Waals surface area (Å²) in [6.07, 6.45) is 10.9. The van der Waals surface area contributed by atoms with Gasteiger partial charge in [0.1, 0.15) is 11.8 Å². The van der Waals surface area contributed by atoms with Gasteiger partial charge in [0.2, 0.25) is 0 Å². The zero-order valence-electron chi connectivity index (χ0n) is 14.5. The fourth-order valence-corrected chi connectivity index (χ4v) is 3.69. The summed E-state index contributed by atoms with van der Waals surface area (Å²) in [5.74, 6) is 0.442. The van der Waals surface area contributed by atoms with E-state index >= 15 is 0 Å². The molecule has 8 nitrogen and oxygen atoms in total. The molecule has 0 amide bonds. The number of nitrogens with two attached hydrogens (primary N) is 1. The zero-order chi connectivity index (χ0) is 17.2. The molecule has 25 heavy (non-hydrogen) atoms. The monoisotopic (exact) mass is 340 g/mol. The standard InChI is InChI=1S/C17H24N8/c1-13-8-22-25(9-13)10-14-4-2-5-23(14)6-3-7-24-12-21-15-16(18)19-11-20-17(15)24/h8-9,11-12,14H,2-7,10H2,1H3,(H2,18,19,20). The Balaban J connectivity index is 1.35. The van der Waals surface area contributed by atoms with E-state index in [-0.39, 0.29) is 0 Å². The lowest BCUT2D eigenvalue weighted by atomic mass is 10.2. The highest BCUT2D eigenvalue weighted by Crippen LogP contribution is 2.20. The van der Waals surface area contributed by atoms with Crippen LogP contribution in [0, 0.1) is 6.92 Å². The van der Waals surface area contributed by atoms with E-state index < -0.39 is 0 Å². The first kappa shape index (κ1) is 16.0. The third kappa shape index (κ3) is 3.34. The minimum Gasteiger partial charge on any atom is -0.382 e. The number of aromatic nitrogens is 6. The van der Waals surface area contributed by atoms with Gasteiger partial charge in [0.05, 0.1) is 19.1 Å². The summed E-state index contributed by atoms with van der Waals surface area (Å²) in [5.41, 5.74) is 8.58. The van der Waals surface area contributed by atoms with Gasteiger partial charge in [-0.3, -0.25) is 9.58 Å². The SMILES string of the molecule is Cc1cnn(CC2CCCN2CCCn2cnc3c(N)ncnc32)c1. The summed E-state index contributed by atoms with van der Waals surface area (Å²) in [7, 11) is 0. The van der Waals surface area contributed by atoms with Crippen molar-refractivity contribution in [3.05, 3.63) is 30.6 Å². The van der Waals surface area contributed by atoms with Crippen molar-refractivity contribution in [1.82, 2.24) is 34.2 Å². The first-order chi connectivity index (χ1) is 12.2. The molecule has 0 spiro atoms. The van der Waals surface area contributed by atoms with E-state index in [0.29, 0.717) is 17.4 Å². The molecule has 1 saturated heterocycles. The van der Waals surface area contributed by atoms with Crippen LogP contribution in [0.15, 0.2) is 25.0 Å². The minimum absolute atomic E-state index is 0.442. The van der Waals surface area contributed by atoms with Crippen LogP contribution in [0.2, 0.25) is 0 Å². The zero-order valence-corrected chi connectivity index (χ0v) is 14.5. The second-order valence-corrected chi connectivity index (χ2v) is 6.79. The summed E-state index contributed by atoms with van der Waals surface area (Å²) in [6, 6.07) is 0.580. The van der Waals surface area contributed by atoms with Crippen molar-refractivity contribution in [2.45, 2.75) is 45.3 Å². The van der Waals surface area contributed by atoms with Crippen LogP contribution in [-0.4, -0.2) is 53.3 Å². The Morgan fingerprint density at radius 3 is 3.00 bits per heavy atom. The lowest BCUT2D eigenvalue weighted by molar-refractivity contribution is 0.221. The second-order valence-electron chi connectivity index (χ2n) is 6.79. The van der Waals surface area contributed by atoms with Crippen molar-refractivity contribution in [1.29, 1.82) is 0 Å². The highest BCUT2D eigenvalue weighted by molar-refractivity contribution is 5.80. The number of hydrogen-bond acceptors (Lipinski definition) is 6. The number of hydrogen-bond donors (Lipinski definition) is 1. The Labute approximate surface area is 146 Å². The topological polar surface area (TPSA) is 90.7 Å². The van der Waals surface area contributed by atoms with Crippen molar-refractivity contribution in [2.75, 3.05) is 18.8 Å². The van der Waals surface area contributed by atoms with Gasteiger partial charge in [-0.25, -0.2) is 15.0 Å². The fourth-order valence-electron chi connectivity index (χ4n) is 3.69. The predicted molar refractivity (Wildman–Crippen MR) is 95.9 cm³/mol. The molecule has 0 radical (unpaired) electrons. The van der Waals surface area contributed by atoms with E-state index in [1.54, 1.807) is 0 Å². The number of aryl methyl sites for hydroxylation is 2. The molecule has 2 N–H and O–H groups in total. The van der Waals surface area contributed by atoms with Crippen LogP contribution in [0.25, 0.3) is 11.2 Å². The molecule has 1 aliphatic rings. The molecule has 1 fully saturated rings. The van der Waals surface area contributed by atoms with Crippen LogP contribution in [0.4, 0.5) is 5.82 Å². The molecule has 1 atom stereocenters. The maximum atomic E-state index is 5.85. The van der Waals surface area contributed by atoms with Gasteiger partial charge in [-0.2, -0.15) is 5.10 Å². The highest BCUT2D eigenvalue weighted by Gasteiger charge is 2.24. The molecule has 1 aliphatic heterocycles. The van der Waals surface area contributed by atoms with E-state index in [2.05, 4.69) is 47.3 Å². The molecule has 8 heteroatoms. The number of nitrogen functional groups attached to an aromatic ring is 1. The molecule has 0 saturated carbocycles. The predicted octanol–water partition coefficient (Wildman–Crippen LogP) is 1.47. The Bertz CT molecular complexity index is 851. The molecule has 4 rings (SSSR count). The quantitative estimate of drug-likeness (QED) is 0.731. The molecule has 0 aromatic carbocycles. The van der Waals surface area contributed by atoms with Gasteiger partial charge in [0, 0.05) is 25.3 Å². The van der Waals surface area contributed by atoms with Gasteiger partial charge in [-0.1, -0.05) is 0 Å². The lowest BCUT2D eigenvalue weighted by Crippen LogP contribution is -2.34. The Hall–Kier alpha value is -2.48. The number of fused-ring (bicyclic) bond motifs is 1. The normalized spacial score (nSPS) is 18.4. The molecule has 3 aromatic rings. The fraction of sp³-hybridized carbons (Fsp3) is 0.529. The Kier molecular flexibility index (Phi) is 4.35. The van der Waals surface area contributed by atoms with Crippen LogP contribution in [-0.2, 0) is 13.1 Å². The number of nitrogens with zero attached hydrogens (tertiary/aromatic N) is 7. The minimum atomic E-state index is 0.442. The van der Waals surface area contributed by atoms with E-state index in [0.717, 1.165) is 31.7 Å². The smallest absolute Gasteiger partial charge is 0.165 e. The maximum Gasteiger partial charge on any atom is 0.165 e. The first-order valence-corrected chi connectivity index (χ1v) is 8.85. The third-order valence-corrected chi connectivity index (χ3v) is 4.93. The van der Waals surface area contributed by atoms with Crippen LogP contribution < -0.4 is 5.73 Å². The van der Waals surface area contributed by atoms with Crippen molar-refractivity contribution in [3.8, 4) is 0 Å². The van der Waals surface area contributed by atoms with Gasteiger partial charge < -0.3 is 10.3 Å². The number of likely N-dealkylation sites (tertiary alicyclic amines) is 1. The Morgan fingerprint density at radius 1 is 1.24 bits per heavy atom. The van der Waals surface area contributed by atoms with Crippen LogP contribution >= 0.6 is 0 Å². The van der Waals surface area contributed by atoms with Crippen LogP contribution in [0.1, 0.15) is 24.8 Å². The van der Waals surface area contributed by atoms with Crippen molar-refractivity contribution < 1.29 is 0 Å². The number of rotatable bonds is 6. The molecule has 4 heterocycles. The molecule has 3 aromatic heterocycles. The van der Waals surface area contributed by atoms with E-state index in [9.17, 15) is 0 Å². The molecule has 132 valence electrons. The largest absolute Gasteiger partial charge is 0.382 e. The maximum absolute atomic E-state index is 5.85.